The van der Waals surface area contributed by atoms with E-state index in [1.807, 2.05) is 6.07 Å². The summed E-state index contributed by atoms with van der Waals surface area (Å²) < 4.78 is 5.46. The summed E-state index contributed by atoms with van der Waals surface area (Å²) in [6.45, 7) is 2.17. The van der Waals surface area contributed by atoms with E-state index in [1.54, 1.807) is 20.2 Å². The minimum Gasteiger partial charge on any atom is -0.456 e. The van der Waals surface area contributed by atoms with Crippen LogP contribution in [0, 0.1) is 0 Å². The molecule has 0 fully saturated rings. The fourth-order valence-electron chi connectivity index (χ4n) is 1.40. The van der Waals surface area contributed by atoms with Gasteiger partial charge in [0.05, 0.1) is 0 Å². The van der Waals surface area contributed by atoms with Crippen molar-refractivity contribution in [3.63, 3.8) is 0 Å². The molecule has 1 aromatic rings. The largest absolute Gasteiger partial charge is 0.456 e. The second-order valence-corrected chi connectivity index (χ2v) is 3.92. The van der Waals surface area contributed by atoms with Crippen LogP contribution in [0.25, 0.3) is 0 Å². The van der Waals surface area contributed by atoms with E-state index in [-0.39, 0.29) is 5.91 Å². The first kappa shape index (κ1) is 11.8. The molecule has 0 unspecified atom stereocenters. The van der Waals surface area contributed by atoms with Gasteiger partial charge in [0.1, 0.15) is 5.76 Å². The van der Waals surface area contributed by atoms with Gasteiger partial charge in [0.25, 0.3) is 5.91 Å². The van der Waals surface area contributed by atoms with Crippen LogP contribution in [0.4, 0.5) is 0 Å². The number of amides is 1. The summed E-state index contributed by atoms with van der Waals surface area (Å²) in [7, 11) is 3.45. The van der Waals surface area contributed by atoms with Crippen molar-refractivity contribution in [2.75, 3.05) is 14.1 Å². The topological polar surface area (TPSA) is 33.5 Å². The summed E-state index contributed by atoms with van der Waals surface area (Å²) in [4.78, 5) is 13.0. The van der Waals surface area contributed by atoms with Crippen LogP contribution in [0.2, 0.25) is 0 Å². The fourth-order valence-corrected chi connectivity index (χ4v) is 1.40. The van der Waals surface area contributed by atoms with Gasteiger partial charge in [-0.15, -0.1) is 0 Å². The normalized spacial score (nSPS) is 10.3. The highest BCUT2D eigenvalue weighted by Crippen LogP contribution is 2.12. The quantitative estimate of drug-likeness (QED) is 0.699. The maximum atomic E-state index is 11.5. The molecular formula is C12H19NO2. The Hall–Kier alpha value is -1.25. The highest BCUT2D eigenvalue weighted by atomic mass is 16.4. The molecule has 1 heterocycles. The lowest BCUT2D eigenvalue weighted by Gasteiger charge is -2.06. The molecule has 0 aliphatic carbocycles. The van der Waals surface area contributed by atoms with Crippen molar-refractivity contribution in [2.24, 2.45) is 0 Å². The molecule has 0 radical (unpaired) electrons. The van der Waals surface area contributed by atoms with E-state index in [4.69, 9.17) is 4.42 Å². The molecule has 1 amide bonds. The van der Waals surface area contributed by atoms with Crippen LogP contribution in [0.5, 0.6) is 0 Å². The van der Waals surface area contributed by atoms with E-state index < -0.39 is 0 Å². The summed E-state index contributed by atoms with van der Waals surface area (Å²) >= 11 is 0. The highest BCUT2D eigenvalue weighted by molar-refractivity contribution is 5.91. The average molecular weight is 209 g/mol. The molecule has 0 aliphatic heterocycles. The van der Waals surface area contributed by atoms with Crippen LogP contribution >= 0.6 is 0 Å². The Morgan fingerprint density at radius 2 is 2.07 bits per heavy atom. The monoisotopic (exact) mass is 209 g/mol. The second kappa shape index (κ2) is 5.59. The number of carbonyl (C=O) groups excluding carboxylic acids is 1. The second-order valence-electron chi connectivity index (χ2n) is 3.92. The zero-order chi connectivity index (χ0) is 11.3. The number of furan rings is 1. The van der Waals surface area contributed by atoms with Crippen LogP contribution < -0.4 is 0 Å². The zero-order valence-corrected chi connectivity index (χ0v) is 9.75. The molecular weight excluding hydrogens is 190 g/mol. The SMILES string of the molecule is CCCCCc1ccc(C(=O)N(C)C)o1. The smallest absolute Gasteiger partial charge is 0.289 e. The maximum Gasteiger partial charge on any atom is 0.289 e. The molecule has 1 rings (SSSR count). The third kappa shape index (κ3) is 3.42. The van der Waals surface area contributed by atoms with Crippen LogP contribution in [-0.2, 0) is 6.42 Å². The molecule has 0 N–H and O–H groups in total. The van der Waals surface area contributed by atoms with Crippen molar-refractivity contribution in [3.05, 3.63) is 23.7 Å². The highest BCUT2D eigenvalue weighted by Gasteiger charge is 2.12. The van der Waals surface area contributed by atoms with E-state index >= 15 is 0 Å². The number of hydrogen-bond acceptors (Lipinski definition) is 2. The number of nitrogens with zero attached hydrogens (tertiary/aromatic N) is 1. The summed E-state index contributed by atoms with van der Waals surface area (Å²) in [5.74, 6) is 1.27. The first-order valence-corrected chi connectivity index (χ1v) is 5.45. The molecule has 84 valence electrons. The van der Waals surface area contributed by atoms with E-state index in [9.17, 15) is 4.79 Å². The van der Waals surface area contributed by atoms with Gasteiger partial charge in [-0.05, 0) is 18.6 Å². The lowest BCUT2D eigenvalue weighted by Crippen LogP contribution is -2.20. The van der Waals surface area contributed by atoms with E-state index in [0.717, 1.165) is 18.6 Å². The molecule has 0 aliphatic rings. The number of unbranched alkanes of at least 4 members (excludes halogenated alkanes) is 2. The Bertz CT molecular complexity index is 315. The predicted octanol–water partition coefficient (Wildman–Crippen LogP) is 2.71. The molecule has 1 aromatic heterocycles. The van der Waals surface area contributed by atoms with Crippen molar-refractivity contribution in [1.82, 2.24) is 4.90 Å². The molecule has 3 nitrogen and oxygen atoms in total. The van der Waals surface area contributed by atoms with Gasteiger partial charge in [0, 0.05) is 20.5 Å². The van der Waals surface area contributed by atoms with E-state index in [1.165, 1.54) is 17.7 Å². The average Bonchev–Trinajstić information content (AvgIpc) is 2.65. The minimum atomic E-state index is -0.0725. The predicted molar refractivity (Wildman–Crippen MR) is 60.0 cm³/mol. The van der Waals surface area contributed by atoms with Crippen molar-refractivity contribution in [2.45, 2.75) is 32.6 Å². The number of hydrogen-bond donors (Lipinski definition) is 0. The van der Waals surface area contributed by atoms with Gasteiger partial charge in [-0.2, -0.15) is 0 Å². The van der Waals surface area contributed by atoms with Gasteiger partial charge in [0.2, 0.25) is 0 Å². The van der Waals surface area contributed by atoms with Crippen LogP contribution in [0.3, 0.4) is 0 Å². The Morgan fingerprint density at radius 1 is 1.33 bits per heavy atom. The first-order valence-electron chi connectivity index (χ1n) is 5.45. The third-order valence-electron chi connectivity index (χ3n) is 2.31. The van der Waals surface area contributed by atoms with Crippen molar-refractivity contribution < 1.29 is 9.21 Å². The van der Waals surface area contributed by atoms with Gasteiger partial charge in [0.15, 0.2) is 5.76 Å². The Morgan fingerprint density at radius 3 is 2.67 bits per heavy atom. The lowest BCUT2D eigenvalue weighted by molar-refractivity contribution is 0.0795. The maximum absolute atomic E-state index is 11.5. The summed E-state index contributed by atoms with van der Waals surface area (Å²) in [6.07, 6.45) is 4.45. The van der Waals surface area contributed by atoms with Crippen molar-refractivity contribution in [1.29, 1.82) is 0 Å². The molecule has 0 saturated carbocycles. The minimum absolute atomic E-state index is 0.0725. The molecule has 0 bridgehead atoms. The van der Waals surface area contributed by atoms with Gasteiger partial charge in [-0.1, -0.05) is 19.8 Å². The molecule has 0 saturated heterocycles. The standard InChI is InChI=1S/C12H19NO2/c1-4-5-6-7-10-8-9-11(15-10)12(14)13(2)3/h8-9H,4-7H2,1-3H3. The van der Waals surface area contributed by atoms with Gasteiger partial charge in [-0.3, -0.25) is 4.79 Å². The van der Waals surface area contributed by atoms with E-state index in [2.05, 4.69) is 6.92 Å². The number of aryl methyl sites for hydroxylation is 1. The Kier molecular flexibility index (Phi) is 4.40. The van der Waals surface area contributed by atoms with Crippen LogP contribution in [-0.4, -0.2) is 24.9 Å². The Labute approximate surface area is 91.1 Å². The van der Waals surface area contributed by atoms with Crippen molar-refractivity contribution >= 4 is 5.91 Å². The molecule has 3 heteroatoms. The van der Waals surface area contributed by atoms with Crippen LogP contribution in [0.1, 0.15) is 42.5 Å². The molecule has 15 heavy (non-hydrogen) atoms. The van der Waals surface area contributed by atoms with E-state index in [0.29, 0.717) is 5.76 Å². The summed E-state index contributed by atoms with van der Waals surface area (Å²) in [5.41, 5.74) is 0. The van der Waals surface area contributed by atoms with Gasteiger partial charge in [-0.25, -0.2) is 0 Å². The molecule has 0 aromatic carbocycles. The number of carbonyl (C=O) groups is 1. The number of rotatable bonds is 5. The molecule has 0 spiro atoms. The van der Waals surface area contributed by atoms with Gasteiger partial charge < -0.3 is 9.32 Å². The fraction of sp³-hybridized carbons (Fsp3) is 0.583. The van der Waals surface area contributed by atoms with Crippen molar-refractivity contribution in [3.8, 4) is 0 Å². The Balaban J connectivity index is 2.52. The molecule has 0 atom stereocenters. The van der Waals surface area contributed by atoms with Gasteiger partial charge >= 0.3 is 0 Å². The zero-order valence-electron chi connectivity index (χ0n) is 9.75. The summed E-state index contributed by atoms with van der Waals surface area (Å²) in [5, 5.41) is 0. The first-order chi connectivity index (χ1) is 7.15. The summed E-state index contributed by atoms with van der Waals surface area (Å²) in [6, 6.07) is 3.65. The lowest BCUT2D eigenvalue weighted by atomic mass is 10.2. The van der Waals surface area contributed by atoms with Crippen LogP contribution in [0.15, 0.2) is 16.5 Å². The third-order valence-corrected chi connectivity index (χ3v) is 2.31.